The Kier molecular flexibility index (Phi) is 5.86. The molecule has 0 saturated heterocycles. The van der Waals surface area contributed by atoms with Gasteiger partial charge in [0.25, 0.3) is 5.91 Å². The van der Waals surface area contributed by atoms with Crippen molar-refractivity contribution in [3.63, 3.8) is 0 Å². The molecular formula is C26H26N4O2. The van der Waals surface area contributed by atoms with E-state index in [9.17, 15) is 4.79 Å². The zero-order valence-corrected chi connectivity index (χ0v) is 18.7. The van der Waals surface area contributed by atoms with E-state index in [0.29, 0.717) is 0 Å². The number of carbonyl (C=O) groups excluding carboxylic acids is 1. The molecule has 4 rings (SSSR count). The molecule has 0 saturated carbocycles. The molecular weight excluding hydrogens is 400 g/mol. The number of carbonyl (C=O) groups is 1. The molecule has 0 aliphatic heterocycles. The van der Waals surface area contributed by atoms with E-state index in [1.165, 1.54) is 0 Å². The molecule has 1 atom stereocenters. The fourth-order valence-corrected chi connectivity index (χ4v) is 3.96. The van der Waals surface area contributed by atoms with Crippen molar-refractivity contribution >= 4 is 16.8 Å². The number of pyridine rings is 1. The second-order valence-electron chi connectivity index (χ2n) is 8.12. The summed E-state index contributed by atoms with van der Waals surface area (Å²) in [5.41, 5.74) is 11.7. The highest BCUT2D eigenvalue weighted by atomic mass is 16.5. The van der Waals surface area contributed by atoms with Crippen molar-refractivity contribution in [1.29, 1.82) is 0 Å². The second-order valence-corrected chi connectivity index (χ2v) is 8.12. The van der Waals surface area contributed by atoms with E-state index in [4.69, 9.17) is 10.5 Å². The molecule has 0 aliphatic carbocycles. The van der Waals surface area contributed by atoms with Gasteiger partial charge in [0.2, 0.25) is 0 Å². The highest BCUT2D eigenvalue weighted by Gasteiger charge is 2.15. The number of hydrogen-bond acceptors (Lipinski definition) is 5. The van der Waals surface area contributed by atoms with Gasteiger partial charge in [-0.05, 0) is 78.3 Å². The third kappa shape index (κ3) is 4.30. The summed E-state index contributed by atoms with van der Waals surface area (Å²) >= 11 is 0. The Bertz CT molecular complexity index is 1300. The lowest BCUT2D eigenvalue weighted by atomic mass is 9.92. The van der Waals surface area contributed by atoms with Crippen molar-refractivity contribution < 1.29 is 9.53 Å². The third-order valence-electron chi connectivity index (χ3n) is 5.74. The Morgan fingerprint density at radius 1 is 1.06 bits per heavy atom. The lowest BCUT2D eigenvalue weighted by Gasteiger charge is -2.15. The van der Waals surface area contributed by atoms with Gasteiger partial charge in [-0.2, -0.15) is 0 Å². The molecule has 1 amide bonds. The van der Waals surface area contributed by atoms with Crippen molar-refractivity contribution in [2.24, 2.45) is 5.73 Å². The first-order valence-electron chi connectivity index (χ1n) is 10.5. The molecule has 2 aromatic carbocycles. The average molecular weight is 427 g/mol. The van der Waals surface area contributed by atoms with Crippen molar-refractivity contribution in [2.45, 2.75) is 33.1 Å². The van der Waals surface area contributed by atoms with Crippen molar-refractivity contribution in [2.75, 3.05) is 7.11 Å². The van der Waals surface area contributed by atoms with Crippen LogP contribution in [-0.4, -0.2) is 28.0 Å². The molecule has 0 bridgehead atoms. The fraction of sp³-hybridized carbons (Fsp3) is 0.231. The highest BCUT2D eigenvalue weighted by Crippen LogP contribution is 2.33. The first-order chi connectivity index (χ1) is 15.4. The number of nitrogens with zero attached hydrogens (tertiary/aromatic N) is 3. The number of nitrogens with two attached hydrogens (primary N) is 1. The molecule has 0 aliphatic rings. The van der Waals surface area contributed by atoms with Crippen LogP contribution in [0.25, 0.3) is 22.0 Å². The second kappa shape index (κ2) is 8.75. The van der Waals surface area contributed by atoms with Crippen LogP contribution in [0, 0.1) is 13.8 Å². The largest absolute Gasteiger partial charge is 0.496 e. The predicted octanol–water partition coefficient (Wildman–Crippen LogP) is 4.76. The zero-order valence-electron chi connectivity index (χ0n) is 18.7. The molecule has 2 aromatic heterocycles. The minimum absolute atomic E-state index is 0.233. The Balaban J connectivity index is 1.78. The average Bonchev–Trinajstić information content (AvgIpc) is 2.79. The maximum absolute atomic E-state index is 12.0. The number of benzene rings is 2. The molecule has 0 fully saturated rings. The Morgan fingerprint density at radius 3 is 2.47 bits per heavy atom. The van der Waals surface area contributed by atoms with E-state index in [-0.39, 0.29) is 11.6 Å². The summed E-state index contributed by atoms with van der Waals surface area (Å²) in [6.45, 7) is 6.03. The lowest BCUT2D eigenvalue weighted by molar-refractivity contribution is 0.0996. The molecule has 2 N–H and O–H groups in total. The van der Waals surface area contributed by atoms with E-state index in [1.54, 1.807) is 13.2 Å². The molecule has 6 nitrogen and oxygen atoms in total. The Morgan fingerprint density at radius 2 is 1.81 bits per heavy atom. The topological polar surface area (TPSA) is 91.0 Å². The van der Waals surface area contributed by atoms with Gasteiger partial charge in [0.15, 0.2) is 0 Å². The van der Waals surface area contributed by atoms with Crippen LogP contribution in [0.3, 0.4) is 0 Å². The van der Waals surface area contributed by atoms with Crippen LogP contribution in [0.2, 0.25) is 0 Å². The maximum atomic E-state index is 12.0. The van der Waals surface area contributed by atoms with Gasteiger partial charge < -0.3 is 10.5 Å². The van der Waals surface area contributed by atoms with Crippen LogP contribution < -0.4 is 10.5 Å². The van der Waals surface area contributed by atoms with Gasteiger partial charge in [-0.25, -0.2) is 15.0 Å². The number of aromatic nitrogens is 3. The van der Waals surface area contributed by atoms with Crippen LogP contribution in [0.1, 0.15) is 45.8 Å². The van der Waals surface area contributed by atoms with Gasteiger partial charge in [0, 0.05) is 17.8 Å². The summed E-state index contributed by atoms with van der Waals surface area (Å²) in [5, 5.41) is 0.967. The van der Waals surface area contributed by atoms with Crippen LogP contribution in [0.15, 0.2) is 54.9 Å². The zero-order chi connectivity index (χ0) is 22.8. The summed E-state index contributed by atoms with van der Waals surface area (Å²) in [7, 11) is 1.65. The molecule has 162 valence electrons. The Hall–Kier alpha value is -3.80. The van der Waals surface area contributed by atoms with Gasteiger partial charge in [-0.1, -0.05) is 25.1 Å². The summed E-state index contributed by atoms with van der Waals surface area (Å²) in [6, 6.07) is 14.0. The summed E-state index contributed by atoms with van der Waals surface area (Å²) in [5.74, 6) is 1.26. The number of rotatable bonds is 6. The number of methoxy groups -OCH3 is 1. The number of ether oxygens (including phenoxy) is 1. The maximum Gasteiger partial charge on any atom is 0.267 e. The monoisotopic (exact) mass is 426 g/mol. The normalized spacial score (nSPS) is 12.0. The van der Waals surface area contributed by atoms with Gasteiger partial charge in [0.1, 0.15) is 17.3 Å². The quantitative estimate of drug-likeness (QED) is 0.480. The summed E-state index contributed by atoms with van der Waals surface area (Å²) < 4.78 is 5.39. The molecule has 4 aromatic rings. The molecule has 2 heterocycles. The van der Waals surface area contributed by atoms with Crippen LogP contribution >= 0.6 is 0 Å². The highest BCUT2D eigenvalue weighted by molar-refractivity contribution is 6.01. The number of aryl methyl sites for hydroxylation is 2. The third-order valence-corrected chi connectivity index (χ3v) is 5.74. The molecule has 6 heteroatoms. The van der Waals surface area contributed by atoms with Gasteiger partial charge in [-0.3, -0.25) is 4.79 Å². The standard InChI is InChI=1S/C26H26N4O2/c1-15(9-18-13-28-17(3)29-14-18)19-5-7-21-22(12-24(26(27)31)30-23(21)11-19)20-6-8-25(32-4)16(2)10-20/h5-8,10-15H,9H2,1-4H3,(H2,27,31). The molecule has 0 spiro atoms. The van der Waals surface area contributed by atoms with Crippen molar-refractivity contribution in [3.05, 3.63) is 83.1 Å². The first-order valence-corrected chi connectivity index (χ1v) is 10.5. The SMILES string of the molecule is COc1ccc(-c2cc(C(N)=O)nc3cc(C(C)Cc4cnc(C)nc4)ccc23)cc1C. The van der Waals surface area contributed by atoms with Crippen molar-refractivity contribution in [3.8, 4) is 16.9 Å². The first kappa shape index (κ1) is 21.4. The van der Waals surface area contributed by atoms with E-state index in [2.05, 4.69) is 34.0 Å². The Labute approximate surface area is 187 Å². The number of fused-ring (bicyclic) bond motifs is 1. The minimum atomic E-state index is -0.548. The van der Waals surface area contributed by atoms with Crippen LogP contribution in [0.5, 0.6) is 5.75 Å². The predicted molar refractivity (Wildman–Crippen MR) is 126 cm³/mol. The molecule has 1 unspecified atom stereocenters. The number of primary amides is 1. The van der Waals surface area contributed by atoms with Gasteiger partial charge >= 0.3 is 0 Å². The van der Waals surface area contributed by atoms with Crippen LogP contribution in [0.4, 0.5) is 0 Å². The fourth-order valence-electron chi connectivity index (χ4n) is 3.96. The van der Waals surface area contributed by atoms with E-state index in [0.717, 1.165) is 56.7 Å². The van der Waals surface area contributed by atoms with E-state index in [1.807, 2.05) is 50.5 Å². The van der Waals surface area contributed by atoms with Crippen LogP contribution in [-0.2, 0) is 6.42 Å². The number of hydrogen-bond donors (Lipinski definition) is 1. The van der Waals surface area contributed by atoms with E-state index >= 15 is 0 Å². The molecule has 32 heavy (non-hydrogen) atoms. The lowest BCUT2D eigenvalue weighted by Crippen LogP contribution is -2.13. The number of amides is 1. The van der Waals surface area contributed by atoms with E-state index < -0.39 is 5.91 Å². The van der Waals surface area contributed by atoms with Gasteiger partial charge in [0.05, 0.1) is 12.6 Å². The smallest absolute Gasteiger partial charge is 0.267 e. The minimum Gasteiger partial charge on any atom is -0.496 e. The van der Waals surface area contributed by atoms with Crippen molar-refractivity contribution in [1.82, 2.24) is 15.0 Å². The summed E-state index contributed by atoms with van der Waals surface area (Å²) in [4.78, 5) is 25.1. The van der Waals surface area contributed by atoms with Gasteiger partial charge in [-0.15, -0.1) is 0 Å². The summed E-state index contributed by atoms with van der Waals surface area (Å²) in [6.07, 6.45) is 4.55. The molecule has 0 radical (unpaired) electrons.